The van der Waals surface area contributed by atoms with Gasteiger partial charge in [0, 0.05) is 5.75 Å². The summed E-state index contributed by atoms with van der Waals surface area (Å²) in [7, 11) is 1.35. The number of thioether (sulfide) groups is 1. The fourth-order valence-corrected chi connectivity index (χ4v) is 3.58. The zero-order chi connectivity index (χ0) is 19.5. The molecule has 4 rings (SSSR count). The molecule has 8 heteroatoms. The predicted octanol–water partition coefficient (Wildman–Crippen LogP) is 3.19. The van der Waals surface area contributed by atoms with Gasteiger partial charge in [0.2, 0.25) is 0 Å². The normalized spacial score (nSPS) is 10.9. The van der Waals surface area contributed by atoms with Crippen LogP contribution < -0.4 is 5.56 Å². The number of nitrogens with one attached hydrogen (secondary N) is 1. The maximum absolute atomic E-state index is 12.4. The molecule has 0 radical (unpaired) electrons. The Morgan fingerprint density at radius 1 is 1.18 bits per heavy atom. The molecule has 28 heavy (non-hydrogen) atoms. The highest BCUT2D eigenvalue weighted by atomic mass is 32.2. The van der Waals surface area contributed by atoms with Crippen LogP contribution in [0.1, 0.15) is 15.9 Å². The van der Waals surface area contributed by atoms with Crippen molar-refractivity contribution >= 4 is 28.8 Å². The van der Waals surface area contributed by atoms with Gasteiger partial charge in [0.25, 0.3) is 5.56 Å². The minimum atomic E-state index is -0.383. The standard InChI is InChI=1S/C20H16N4O3S/c1-27-19(26)14-7-5-6-13(10-14)12-28-20-22-17-16(18(25)23-20)11-21-24(17)15-8-3-2-4-9-15/h2-11H,12H2,1H3,(H,22,23,25). The van der Waals surface area contributed by atoms with Gasteiger partial charge in [-0.15, -0.1) is 0 Å². The number of aromatic amines is 1. The average Bonchev–Trinajstić information content (AvgIpc) is 3.17. The smallest absolute Gasteiger partial charge is 0.337 e. The number of H-pyrrole nitrogens is 1. The lowest BCUT2D eigenvalue weighted by Crippen LogP contribution is -2.09. The Morgan fingerprint density at radius 2 is 2.00 bits per heavy atom. The largest absolute Gasteiger partial charge is 0.465 e. The Labute approximate surface area is 164 Å². The lowest BCUT2D eigenvalue weighted by molar-refractivity contribution is 0.0600. The van der Waals surface area contributed by atoms with Crippen LogP contribution in [0, 0.1) is 0 Å². The van der Waals surface area contributed by atoms with Crippen molar-refractivity contribution in [3.8, 4) is 5.69 Å². The molecule has 0 aliphatic heterocycles. The van der Waals surface area contributed by atoms with Gasteiger partial charge in [-0.25, -0.2) is 14.5 Å². The maximum atomic E-state index is 12.4. The first-order valence-corrected chi connectivity index (χ1v) is 9.48. The van der Waals surface area contributed by atoms with Gasteiger partial charge in [0.1, 0.15) is 5.39 Å². The van der Waals surface area contributed by atoms with E-state index in [1.807, 2.05) is 36.4 Å². The van der Waals surface area contributed by atoms with Crippen LogP contribution in [0.25, 0.3) is 16.7 Å². The van der Waals surface area contributed by atoms with Gasteiger partial charge in [-0.1, -0.05) is 42.1 Å². The Kier molecular flexibility index (Phi) is 4.94. The lowest BCUT2D eigenvalue weighted by Gasteiger charge is -2.05. The first-order chi connectivity index (χ1) is 13.7. The summed E-state index contributed by atoms with van der Waals surface area (Å²) in [4.78, 5) is 31.5. The van der Waals surface area contributed by atoms with Crippen LogP contribution in [0.4, 0.5) is 0 Å². The number of carbonyl (C=O) groups is 1. The van der Waals surface area contributed by atoms with Crippen LogP contribution in [0.3, 0.4) is 0 Å². The van der Waals surface area contributed by atoms with Gasteiger partial charge in [-0.05, 0) is 29.8 Å². The van der Waals surface area contributed by atoms with E-state index in [0.29, 0.717) is 27.5 Å². The SMILES string of the molecule is COC(=O)c1cccc(CSc2nc3c(cnn3-c3ccccc3)c(=O)[nH]2)c1. The molecule has 0 bridgehead atoms. The molecule has 0 aliphatic rings. The highest BCUT2D eigenvalue weighted by molar-refractivity contribution is 7.98. The monoisotopic (exact) mass is 392 g/mol. The molecule has 0 atom stereocenters. The number of para-hydroxylation sites is 1. The van der Waals surface area contributed by atoms with Crippen LogP contribution in [-0.2, 0) is 10.5 Å². The third-order valence-corrected chi connectivity index (χ3v) is 5.09. The van der Waals surface area contributed by atoms with E-state index in [1.54, 1.807) is 22.9 Å². The van der Waals surface area contributed by atoms with E-state index in [0.717, 1.165) is 11.3 Å². The number of hydrogen-bond acceptors (Lipinski definition) is 6. The van der Waals surface area contributed by atoms with Gasteiger partial charge >= 0.3 is 5.97 Å². The molecule has 4 aromatic rings. The van der Waals surface area contributed by atoms with E-state index in [2.05, 4.69) is 15.1 Å². The third-order valence-electron chi connectivity index (χ3n) is 4.14. The number of fused-ring (bicyclic) bond motifs is 1. The molecule has 0 saturated heterocycles. The molecule has 0 unspecified atom stereocenters. The van der Waals surface area contributed by atoms with E-state index >= 15 is 0 Å². The third kappa shape index (κ3) is 3.54. The van der Waals surface area contributed by atoms with Crippen LogP contribution >= 0.6 is 11.8 Å². The second-order valence-electron chi connectivity index (χ2n) is 5.98. The van der Waals surface area contributed by atoms with Gasteiger partial charge < -0.3 is 9.72 Å². The molecule has 0 fully saturated rings. The fraction of sp³-hybridized carbons (Fsp3) is 0.100. The Morgan fingerprint density at radius 3 is 2.79 bits per heavy atom. The molecule has 1 N–H and O–H groups in total. The summed E-state index contributed by atoms with van der Waals surface area (Å²) in [5.41, 5.74) is 2.50. The number of methoxy groups -OCH3 is 1. The summed E-state index contributed by atoms with van der Waals surface area (Å²) in [6.45, 7) is 0. The molecule has 2 aromatic carbocycles. The molecular formula is C20H16N4O3S. The van der Waals surface area contributed by atoms with Crippen LogP contribution in [0.2, 0.25) is 0 Å². The number of hydrogen-bond donors (Lipinski definition) is 1. The number of esters is 1. The summed E-state index contributed by atoms with van der Waals surface area (Å²) in [5.74, 6) is 0.158. The lowest BCUT2D eigenvalue weighted by atomic mass is 10.1. The van der Waals surface area contributed by atoms with E-state index in [-0.39, 0.29) is 11.5 Å². The molecule has 0 spiro atoms. The molecule has 7 nitrogen and oxygen atoms in total. The molecule has 0 saturated carbocycles. The number of ether oxygens (including phenoxy) is 1. The average molecular weight is 392 g/mol. The van der Waals surface area contributed by atoms with Crippen LogP contribution in [0.15, 0.2) is 70.7 Å². The summed E-state index contributed by atoms with van der Waals surface area (Å²) >= 11 is 1.38. The molecule has 2 aromatic heterocycles. The van der Waals surface area contributed by atoms with E-state index in [1.165, 1.54) is 25.1 Å². The number of benzene rings is 2. The Bertz CT molecular complexity index is 1200. The maximum Gasteiger partial charge on any atom is 0.337 e. The van der Waals surface area contributed by atoms with Gasteiger partial charge in [-0.3, -0.25) is 4.79 Å². The first kappa shape index (κ1) is 18.0. The summed E-state index contributed by atoms with van der Waals surface area (Å²) in [5, 5.41) is 5.22. The molecular weight excluding hydrogens is 376 g/mol. The van der Waals surface area contributed by atoms with Crippen molar-refractivity contribution in [2.24, 2.45) is 0 Å². The van der Waals surface area contributed by atoms with Crippen molar-refractivity contribution in [2.45, 2.75) is 10.9 Å². The van der Waals surface area contributed by atoms with E-state index in [9.17, 15) is 9.59 Å². The molecule has 0 amide bonds. The zero-order valence-corrected chi connectivity index (χ0v) is 15.8. The Hall–Kier alpha value is -3.39. The summed E-state index contributed by atoms with van der Waals surface area (Å²) < 4.78 is 6.39. The zero-order valence-electron chi connectivity index (χ0n) is 15.0. The predicted molar refractivity (Wildman–Crippen MR) is 107 cm³/mol. The molecule has 2 heterocycles. The van der Waals surface area contributed by atoms with Gasteiger partial charge in [0.15, 0.2) is 10.8 Å². The first-order valence-electron chi connectivity index (χ1n) is 8.49. The minimum Gasteiger partial charge on any atom is -0.465 e. The highest BCUT2D eigenvalue weighted by Crippen LogP contribution is 2.22. The van der Waals surface area contributed by atoms with Gasteiger partial charge in [-0.2, -0.15) is 5.10 Å². The van der Waals surface area contributed by atoms with E-state index in [4.69, 9.17) is 4.74 Å². The van der Waals surface area contributed by atoms with Crippen molar-refractivity contribution < 1.29 is 9.53 Å². The van der Waals surface area contributed by atoms with Crippen molar-refractivity contribution in [2.75, 3.05) is 7.11 Å². The van der Waals surface area contributed by atoms with Crippen LogP contribution in [-0.4, -0.2) is 32.8 Å². The van der Waals surface area contributed by atoms with Crippen molar-refractivity contribution in [3.05, 3.63) is 82.3 Å². The second kappa shape index (κ2) is 7.69. The van der Waals surface area contributed by atoms with Gasteiger partial charge in [0.05, 0.1) is 24.6 Å². The summed E-state index contributed by atoms with van der Waals surface area (Å²) in [6.07, 6.45) is 1.52. The topological polar surface area (TPSA) is 89.9 Å². The number of carbonyl (C=O) groups excluding carboxylic acids is 1. The highest BCUT2D eigenvalue weighted by Gasteiger charge is 2.12. The molecule has 0 aliphatic carbocycles. The quantitative estimate of drug-likeness (QED) is 0.319. The molecule has 140 valence electrons. The number of nitrogens with zero attached hydrogens (tertiary/aromatic N) is 3. The number of rotatable bonds is 5. The van der Waals surface area contributed by atoms with E-state index < -0.39 is 0 Å². The fourth-order valence-electron chi connectivity index (χ4n) is 2.78. The van der Waals surface area contributed by atoms with Crippen molar-refractivity contribution in [1.29, 1.82) is 0 Å². The summed E-state index contributed by atoms with van der Waals surface area (Å²) in [6, 6.07) is 16.7. The van der Waals surface area contributed by atoms with Crippen LogP contribution in [0.5, 0.6) is 0 Å². The second-order valence-corrected chi connectivity index (χ2v) is 6.94. The minimum absolute atomic E-state index is 0.238. The van der Waals surface area contributed by atoms with Crippen molar-refractivity contribution in [1.82, 2.24) is 19.7 Å². The number of aromatic nitrogens is 4. The Balaban J connectivity index is 1.63. The van der Waals surface area contributed by atoms with Crippen molar-refractivity contribution in [3.63, 3.8) is 0 Å².